The molecule has 3 aromatic rings. The monoisotopic (exact) mass is 561 g/mol. The van der Waals surface area contributed by atoms with Gasteiger partial charge in [-0.15, -0.1) is 0 Å². The van der Waals surface area contributed by atoms with Crippen molar-refractivity contribution in [2.75, 3.05) is 24.5 Å². The lowest BCUT2D eigenvalue weighted by atomic mass is 10.1. The summed E-state index contributed by atoms with van der Waals surface area (Å²) in [4.78, 5) is 27.3. The van der Waals surface area contributed by atoms with E-state index in [4.69, 9.17) is 16.3 Å². The zero-order valence-corrected chi connectivity index (χ0v) is 22.8. The lowest BCUT2D eigenvalue weighted by molar-refractivity contribution is -0.139. The molecule has 2 amide bonds. The van der Waals surface area contributed by atoms with E-state index in [0.717, 1.165) is 28.6 Å². The maximum absolute atomic E-state index is 13.7. The maximum Gasteiger partial charge on any atom is 0.264 e. The standard InChI is InChI=1S/C27H29ClFN3O5S/c1-4-37-24-12-10-23(11-13-24)32(38(35,36)25-14-8-22(29)9-15-25)18-26(33)31(19(2)27(34)30-3)17-20-6-5-7-21(28)16-20/h5-16,19H,4,17-18H2,1-3H3,(H,30,34)/t19-/m1/s1. The van der Waals surface area contributed by atoms with Gasteiger partial charge in [-0.1, -0.05) is 23.7 Å². The Balaban J connectivity index is 2.03. The SMILES string of the molecule is CCOc1ccc(N(CC(=O)N(Cc2cccc(Cl)c2)[C@H](C)C(=O)NC)S(=O)(=O)c2ccc(F)cc2)cc1. The van der Waals surface area contributed by atoms with Crippen LogP contribution in [0.5, 0.6) is 5.75 Å². The normalized spacial score (nSPS) is 11.9. The number of halogens is 2. The molecule has 0 heterocycles. The number of nitrogens with zero attached hydrogens (tertiary/aromatic N) is 2. The molecular formula is C27H29ClFN3O5S. The number of sulfonamides is 1. The van der Waals surface area contributed by atoms with Crippen molar-refractivity contribution in [1.82, 2.24) is 10.2 Å². The Kier molecular flexibility index (Phi) is 9.71. The van der Waals surface area contributed by atoms with Crippen molar-refractivity contribution in [2.24, 2.45) is 0 Å². The van der Waals surface area contributed by atoms with E-state index in [2.05, 4.69) is 5.32 Å². The summed E-state index contributed by atoms with van der Waals surface area (Å²) in [5.41, 5.74) is 0.858. The minimum absolute atomic E-state index is 0.0156. The van der Waals surface area contributed by atoms with Gasteiger partial charge in [-0.05, 0) is 80.1 Å². The van der Waals surface area contributed by atoms with Crippen LogP contribution in [0.1, 0.15) is 19.4 Å². The summed E-state index contributed by atoms with van der Waals surface area (Å²) < 4.78 is 47.3. The predicted octanol–water partition coefficient (Wildman–Crippen LogP) is 4.24. The van der Waals surface area contributed by atoms with Crippen molar-refractivity contribution < 1.29 is 27.1 Å². The number of rotatable bonds is 11. The molecule has 11 heteroatoms. The van der Waals surface area contributed by atoms with Crippen molar-refractivity contribution in [3.05, 3.63) is 89.2 Å². The van der Waals surface area contributed by atoms with Crippen LogP contribution >= 0.6 is 11.6 Å². The predicted molar refractivity (Wildman–Crippen MR) is 144 cm³/mol. The van der Waals surface area contributed by atoms with Gasteiger partial charge < -0.3 is 15.0 Å². The van der Waals surface area contributed by atoms with Crippen LogP contribution in [0.4, 0.5) is 10.1 Å². The van der Waals surface area contributed by atoms with E-state index in [1.165, 1.54) is 24.1 Å². The quantitative estimate of drug-likeness (QED) is 0.378. The highest BCUT2D eigenvalue weighted by atomic mass is 35.5. The van der Waals surface area contributed by atoms with Gasteiger partial charge in [0, 0.05) is 18.6 Å². The van der Waals surface area contributed by atoms with E-state index in [9.17, 15) is 22.4 Å². The molecule has 0 bridgehead atoms. The third kappa shape index (κ3) is 7.02. The Morgan fingerprint density at radius 1 is 1.05 bits per heavy atom. The lowest BCUT2D eigenvalue weighted by Gasteiger charge is -2.31. The van der Waals surface area contributed by atoms with Gasteiger partial charge in [-0.25, -0.2) is 12.8 Å². The van der Waals surface area contributed by atoms with Gasteiger partial charge >= 0.3 is 0 Å². The molecule has 38 heavy (non-hydrogen) atoms. The number of amides is 2. The highest BCUT2D eigenvalue weighted by molar-refractivity contribution is 7.92. The largest absolute Gasteiger partial charge is 0.494 e. The Hall–Kier alpha value is -3.63. The van der Waals surface area contributed by atoms with Gasteiger partial charge in [-0.2, -0.15) is 0 Å². The van der Waals surface area contributed by atoms with Crippen LogP contribution in [0.3, 0.4) is 0 Å². The van der Waals surface area contributed by atoms with Crippen molar-refractivity contribution in [3.8, 4) is 5.75 Å². The molecule has 8 nitrogen and oxygen atoms in total. The van der Waals surface area contributed by atoms with Crippen LogP contribution in [0.15, 0.2) is 77.7 Å². The Morgan fingerprint density at radius 2 is 1.71 bits per heavy atom. The van der Waals surface area contributed by atoms with Gasteiger partial charge in [-0.3, -0.25) is 13.9 Å². The molecule has 1 atom stereocenters. The van der Waals surface area contributed by atoms with Gasteiger partial charge in [0.2, 0.25) is 11.8 Å². The molecule has 0 unspecified atom stereocenters. The number of nitrogens with one attached hydrogen (secondary N) is 1. The summed E-state index contributed by atoms with van der Waals surface area (Å²) in [7, 11) is -2.85. The zero-order chi connectivity index (χ0) is 27.9. The van der Waals surface area contributed by atoms with Crippen LogP contribution in [-0.2, 0) is 26.2 Å². The fraction of sp³-hybridized carbons (Fsp3) is 0.259. The van der Waals surface area contributed by atoms with Crippen LogP contribution in [0.25, 0.3) is 0 Å². The van der Waals surface area contributed by atoms with Crippen molar-refractivity contribution in [3.63, 3.8) is 0 Å². The van der Waals surface area contributed by atoms with Crippen LogP contribution in [0.2, 0.25) is 5.02 Å². The van der Waals surface area contributed by atoms with Crippen molar-refractivity contribution in [2.45, 2.75) is 31.3 Å². The molecule has 0 saturated carbocycles. The minimum atomic E-state index is -4.30. The molecule has 0 spiro atoms. The number of carbonyl (C=O) groups excluding carboxylic acids is 2. The molecule has 3 rings (SSSR count). The van der Waals surface area contributed by atoms with E-state index in [0.29, 0.717) is 22.9 Å². The Labute approximate surface area is 227 Å². The summed E-state index contributed by atoms with van der Waals surface area (Å²) in [5.74, 6) is -1.12. The zero-order valence-electron chi connectivity index (χ0n) is 21.2. The first-order chi connectivity index (χ1) is 18.1. The first kappa shape index (κ1) is 28.9. The number of ether oxygens (including phenoxy) is 1. The second-order valence-electron chi connectivity index (χ2n) is 8.33. The average Bonchev–Trinajstić information content (AvgIpc) is 2.90. The van der Waals surface area contributed by atoms with E-state index >= 15 is 0 Å². The number of likely N-dealkylation sites (N-methyl/N-ethyl adjacent to an activating group) is 1. The summed E-state index contributed by atoms with van der Waals surface area (Å²) in [5, 5.41) is 2.98. The van der Waals surface area contributed by atoms with E-state index in [1.54, 1.807) is 43.3 Å². The van der Waals surface area contributed by atoms with Gasteiger partial charge in [0.05, 0.1) is 17.2 Å². The number of benzene rings is 3. The van der Waals surface area contributed by atoms with Crippen LogP contribution in [0, 0.1) is 5.82 Å². The first-order valence-corrected chi connectivity index (χ1v) is 13.6. The molecule has 3 aromatic carbocycles. The molecule has 0 aromatic heterocycles. The summed E-state index contributed by atoms with van der Waals surface area (Å²) in [6.45, 7) is 3.19. The first-order valence-electron chi connectivity index (χ1n) is 11.8. The molecule has 0 fully saturated rings. The van der Waals surface area contributed by atoms with Crippen LogP contribution < -0.4 is 14.4 Å². The molecule has 1 N–H and O–H groups in total. The smallest absolute Gasteiger partial charge is 0.264 e. The highest BCUT2D eigenvalue weighted by Crippen LogP contribution is 2.27. The topological polar surface area (TPSA) is 96.0 Å². The third-order valence-corrected chi connectivity index (χ3v) is 7.80. The number of hydrogen-bond acceptors (Lipinski definition) is 5. The maximum atomic E-state index is 13.7. The number of carbonyl (C=O) groups is 2. The summed E-state index contributed by atoms with van der Waals surface area (Å²) in [6, 6.07) is 16.4. The van der Waals surface area contributed by atoms with Gasteiger partial charge in [0.15, 0.2) is 0 Å². The molecular weight excluding hydrogens is 533 g/mol. The molecule has 0 aliphatic heterocycles. The van der Waals surface area contributed by atoms with E-state index < -0.39 is 40.2 Å². The minimum Gasteiger partial charge on any atom is -0.494 e. The fourth-order valence-corrected chi connectivity index (χ4v) is 5.39. The van der Waals surface area contributed by atoms with E-state index in [-0.39, 0.29) is 17.1 Å². The molecule has 202 valence electrons. The molecule has 0 saturated heterocycles. The van der Waals surface area contributed by atoms with Gasteiger partial charge in [0.25, 0.3) is 10.0 Å². The number of hydrogen-bond donors (Lipinski definition) is 1. The average molecular weight is 562 g/mol. The second kappa shape index (κ2) is 12.7. The molecule has 0 aliphatic rings. The third-order valence-electron chi connectivity index (χ3n) is 5.77. The van der Waals surface area contributed by atoms with Crippen molar-refractivity contribution in [1.29, 1.82) is 0 Å². The highest BCUT2D eigenvalue weighted by Gasteiger charge is 2.32. The lowest BCUT2D eigenvalue weighted by Crippen LogP contribution is -2.50. The Morgan fingerprint density at radius 3 is 2.29 bits per heavy atom. The summed E-state index contributed by atoms with van der Waals surface area (Å²) >= 11 is 6.11. The van der Waals surface area contributed by atoms with Crippen molar-refractivity contribution >= 4 is 39.1 Å². The van der Waals surface area contributed by atoms with Crippen LogP contribution in [-0.4, -0.2) is 51.4 Å². The number of anilines is 1. The fourth-order valence-electron chi connectivity index (χ4n) is 3.76. The summed E-state index contributed by atoms with van der Waals surface area (Å²) in [6.07, 6.45) is 0. The Bertz CT molecular complexity index is 1370. The molecule has 0 radical (unpaired) electrons. The second-order valence-corrected chi connectivity index (χ2v) is 10.6. The van der Waals surface area contributed by atoms with E-state index in [1.807, 2.05) is 6.92 Å². The van der Waals surface area contributed by atoms with Gasteiger partial charge in [0.1, 0.15) is 24.2 Å². The molecule has 0 aliphatic carbocycles.